The van der Waals surface area contributed by atoms with E-state index in [-0.39, 0.29) is 18.1 Å². The Bertz CT molecular complexity index is 582. The van der Waals surface area contributed by atoms with Gasteiger partial charge < -0.3 is 16.2 Å². The topological polar surface area (TPSA) is 113 Å². The number of nitrogen functional groups attached to an aromatic ring is 1. The van der Waals surface area contributed by atoms with Gasteiger partial charge in [-0.25, -0.2) is 4.79 Å². The van der Waals surface area contributed by atoms with Crippen LogP contribution in [-0.4, -0.2) is 26.8 Å². The molecule has 1 aromatic rings. The molecule has 7 nitrogen and oxygen atoms in total. The number of anilines is 2. The molecule has 112 valence electrons. The monoisotopic (exact) mass is 282 g/mol. The van der Waals surface area contributed by atoms with Crippen LogP contribution in [0.4, 0.5) is 11.5 Å². The summed E-state index contributed by atoms with van der Waals surface area (Å²) in [5, 5.41) is 13.4. The third-order valence-electron chi connectivity index (χ3n) is 4.00. The maximum Gasteiger partial charge on any atom is 0.329 e. The number of H-pyrrole nitrogens is 1. The molecular formula is C13H22N4O3. The van der Waals surface area contributed by atoms with Crippen molar-refractivity contribution in [2.24, 2.45) is 7.05 Å². The third-order valence-corrected chi connectivity index (χ3v) is 4.00. The number of aliphatic hydroxyl groups is 1. The fraction of sp³-hybridized carbons (Fsp3) is 0.692. The summed E-state index contributed by atoms with van der Waals surface area (Å²) >= 11 is 0. The van der Waals surface area contributed by atoms with E-state index in [1.165, 1.54) is 11.6 Å². The van der Waals surface area contributed by atoms with Crippen molar-refractivity contribution in [1.82, 2.24) is 9.55 Å². The van der Waals surface area contributed by atoms with Crippen LogP contribution in [0.5, 0.6) is 0 Å². The molecule has 1 saturated carbocycles. The molecule has 20 heavy (non-hydrogen) atoms. The summed E-state index contributed by atoms with van der Waals surface area (Å²) in [7, 11) is 1.49. The lowest BCUT2D eigenvalue weighted by Crippen LogP contribution is -2.39. The third kappa shape index (κ3) is 3.04. The molecule has 1 fully saturated rings. The molecule has 0 aliphatic heterocycles. The van der Waals surface area contributed by atoms with Crippen LogP contribution in [0.25, 0.3) is 0 Å². The molecule has 1 heterocycles. The van der Waals surface area contributed by atoms with Crippen molar-refractivity contribution in [3.63, 3.8) is 0 Å². The van der Waals surface area contributed by atoms with Crippen LogP contribution >= 0.6 is 0 Å². The Hall–Kier alpha value is -1.76. The van der Waals surface area contributed by atoms with Gasteiger partial charge in [-0.05, 0) is 12.8 Å². The van der Waals surface area contributed by atoms with Gasteiger partial charge in [-0.1, -0.05) is 25.7 Å². The van der Waals surface area contributed by atoms with Crippen LogP contribution in [0.1, 0.15) is 38.5 Å². The number of hydrogen-bond donors (Lipinski definition) is 4. The van der Waals surface area contributed by atoms with Gasteiger partial charge in [0.1, 0.15) is 11.5 Å². The van der Waals surface area contributed by atoms with Gasteiger partial charge in [0, 0.05) is 13.6 Å². The Balaban J connectivity index is 2.17. The van der Waals surface area contributed by atoms with E-state index >= 15 is 0 Å². The SMILES string of the molecule is Cn1c(N)c(NCC2(O)CCCCCC2)c(=O)[nH]c1=O. The van der Waals surface area contributed by atoms with Crippen molar-refractivity contribution in [3.8, 4) is 0 Å². The van der Waals surface area contributed by atoms with Gasteiger partial charge in [0.15, 0.2) is 0 Å². The Morgan fingerprint density at radius 2 is 1.90 bits per heavy atom. The second-order valence-electron chi connectivity index (χ2n) is 5.57. The summed E-state index contributed by atoms with van der Waals surface area (Å²) in [6, 6.07) is 0. The van der Waals surface area contributed by atoms with Crippen LogP contribution in [-0.2, 0) is 7.05 Å². The van der Waals surface area contributed by atoms with E-state index in [1.807, 2.05) is 0 Å². The summed E-state index contributed by atoms with van der Waals surface area (Å²) in [5.74, 6) is 0.0796. The van der Waals surface area contributed by atoms with Crippen LogP contribution in [0.15, 0.2) is 9.59 Å². The van der Waals surface area contributed by atoms with Crippen LogP contribution < -0.4 is 22.3 Å². The number of nitrogens with one attached hydrogen (secondary N) is 2. The molecule has 7 heteroatoms. The lowest BCUT2D eigenvalue weighted by atomic mass is 9.94. The second kappa shape index (κ2) is 5.70. The highest BCUT2D eigenvalue weighted by molar-refractivity contribution is 5.60. The number of aromatic amines is 1. The van der Waals surface area contributed by atoms with E-state index in [0.29, 0.717) is 12.8 Å². The first-order chi connectivity index (χ1) is 9.43. The van der Waals surface area contributed by atoms with Crippen LogP contribution in [0, 0.1) is 0 Å². The summed E-state index contributed by atoms with van der Waals surface area (Å²) in [4.78, 5) is 25.3. The molecular weight excluding hydrogens is 260 g/mol. The van der Waals surface area contributed by atoms with E-state index in [1.54, 1.807) is 0 Å². The molecule has 0 bridgehead atoms. The Morgan fingerprint density at radius 3 is 2.50 bits per heavy atom. The number of hydrogen-bond acceptors (Lipinski definition) is 5. The van der Waals surface area contributed by atoms with E-state index in [2.05, 4.69) is 10.3 Å². The predicted molar refractivity (Wildman–Crippen MR) is 77.9 cm³/mol. The largest absolute Gasteiger partial charge is 0.388 e. The first kappa shape index (κ1) is 14.6. The summed E-state index contributed by atoms with van der Waals surface area (Å²) < 4.78 is 1.17. The zero-order chi connectivity index (χ0) is 14.8. The zero-order valence-corrected chi connectivity index (χ0v) is 11.7. The van der Waals surface area contributed by atoms with Gasteiger partial charge in [-0.2, -0.15) is 0 Å². The van der Waals surface area contributed by atoms with E-state index < -0.39 is 16.9 Å². The van der Waals surface area contributed by atoms with Gasteiger partial charge >= 0.3 is 5.69 Å². The number of rotatable bonds is 3. The molecule has 5 N–H and O–H groups in total. The second-order valence-corrected chi connectivity index (χ2v) is 5.57. The van der Waals surface area contributed by atoms with Gasteiger partial charge in [-0.15, -0.1) is 0 Å². The molecule has 1 aliphatic rings. The van der Waals surface area contributed by atoms with Gasteiger partial charge in [0.2, 0.25) is 0 Å². The summed E-state index contributed by atoms with van der Waals surface area (Å²) in [5.41, 5.74) is 4.00. The molecule has 0 radical (unpaired) electrons. The van der Waals surface area contributed by atoms with Crippen LogP contribution in [0.3, 0.4) is 0 Å². The number of nitrogens with zero attached hydrogens (tertiary/aromatic N) is 1. The minimum absolute atomic E-state index is 0.0796. The summed E-state index contributed by atoms with van der Waals surface area (Å²) in [6.07, 6.45) is 5.65. The average Bonchev–Trinajstić information content (AvgIpc) is 2.61. The smallest absolute Gasteiger partial charge is 0.329 e. The Morgan fingerprint density at radius 1 is 1.30 bits per heavy atom. The molecule has 0 aromatic carbocycles. The molecule has 1 aliphatic carbocycles. The number of nitrogens with two attached hydrogens (primary N) is 1. The minimum atomic E-state index is -0.815. The maximum absolute atomic E-state index is 11.8. The minimum Gasteiger partial charge on any atom is -0.388 e. The van der Waals surface area contributed by atoms with Crippen molar-refractivity contribution in [2.75, 3.05) is 17.6 Å². The van der Waals surface area contributed by atoms with Gasteiger partial charge in [0.05, 0.1) is 5.60 Å². The first-order valence-corrected chi connectivity index (χ1v) is 6.98. The normalized spacial score (nSPS) is 18.5. The highest BCUT2D eigenvalue weighted by atomic mass is 16.3. The van der Waals surface area contributed by atoms with Crippen molar-refractivity contribution in [1.29, 1.82) is 0 Å². The quantitative estimate of drug-likeness (QED) is 0.590. The van der Waals surface area contributed by atoms with Crippen molar-refractivity contribution < 1.29 is 5.11 Å². The van der Waals surface area contributed by atoms with Gasteiger partial charge in [-0.3, -0.25) is 14.3 Å². The maximum atomic E-state index is 11.8. The molecule has 1 aromatic heterocycles. The fourth-order valence-electron chi connectivity index (χ4n) is 2.62. The Labute approximate surface area is 116 Å². The molecule has 0 atom stereocenters. The zero-order valence-electron chi connectivity index (χ0n) is 11.7. The van der Waals surface area contributed by atoms with Crippen molar-refractivity contribution >= 4 is 11.5 Å². The van der Waals surface area contributed by atoms with E-state index in [4.69, 9.17) is 5.73 Å². The lowest BCUT2D eigenvalue weighted by molar-refractivity contribution is 0.0381. The van der Waals surface area contributed by atoms with Crippen LogP contribution in [0.2, 0.25) is 0 Å². The Kier molecular flexibility index (Phi) is 4.17. The highest BCUT2D eigenvalue weighted by Crippen LogP contribution is 2.27. The summed E-state index contributed by atoms with van der Waals surface area (Å²) in [6.45, 7) is 0.262. The lowest BCUT2D eigenvalue weighted by Gasteiger charge is -2.27. The van der Waals surface area contributed by atoms with Crippen molar-refractivity contribution in [2.45, 2.75) is 44.1 Å². The fourth-order valence-corrected chi connectivity index (χ4v) is 2.62. The molecule has 2 rings (SSSR count). The van der Waals surface area contributed by atoms with E-state index in [9.17, 15) is 14.7 Å². The predicted octanol–water partition coefficient (Wildman–Crippen LogP) is 0.153. The molecule has 0 amide bonds. The average molecular weight is 282 g/mol. The van der Waals surface area contributed by atoms with Crippen molar-refractivity contribution in [3.05, 3.63) is 20.8 Å². The number of aromatic nitrogens is 2. The highest BCUT2D eigenvalue weighted by Gasteiger charge is 2.28. The standard InChI is InChI=1S/C13H22N4O3/c1-17-10(14)9(11(18)16-12(17)19)15-8-13(20)6-4-2-3-5-7-13/h15,20H,2-8,14H2,1H3,(H,16,18,19). The first-order valence-electron chi connectivity index (χ1n) is 6.98. The van der Waals surface area contributed by atoms with Gasteiger partial charge in [0.25, 0.3) is 5.56 Å². The molecule has 0 saturated heterocycles. The van der Waals surface area contributed by atoms with E-state index in [0.717, 1.165) is 25.7 Å². The molecule has 0 unspecified atom stereocenters. The molecule has 0 spiro atoms.